The maximum Gasteiger partial charge on any atom is 0.225 e. The molecule has 1 amide bonds. The Bertz CT molecular complexity index is 810. The molecular formula is C23H30N4OS. The van der Waals surface area contributed by atoms with Crippen LogP contribution in [0.4, 0.5) is 5.82 Å². The van der Waals surface area contributed by atoms with E-state index in [1.165, 1.54) is 23.3 Å². The number of benzene rings is 1. The molecule has 1 aromatic carbocycles. The highest BCUT2D eigenvalue weighted by molar-refractivity contribution is 7.99. The molecule has 2 saturated heterocycles. The summed E-state index contributed by atoms with van der Waals surface area (Å²) in [6.07, 6.45) is 10.2. The number of aromatic nitrogens is 2. The quantitative estimate of drug-likeness (QED) is 0.740. The number of aryl methyl sites for hydroxylation is 1. The van der Waals surface area contributed by atoms with Crippen LogP contribution in [0.15, 0.2) is 46.6 Å². The molecule has 4 rings (SSSR count). The third-order valence-electron chi connectivity index (χ3n) is 5.94. The minimum atomic E-state index is 0.161. The van der Waals surface area contributed by atoms with Gasteiger partial charge < -0.3 is 9.80 Å². The van der Waals surface area contributed by atoms with Crippen LogP contribution in [-0.2, 0) is 4.79 Å². The molecule has 6 heteroatoms. The standard InChI is InChI=1S/C23H30N4OS/c1-18-6-8-20(9-7-18)29-22-21(24-12-13-25-22)26-16-10-19(11-17-26)23(28)27-14-4-2-3-5-15-27/h6-9,12-13,19H,2-5,10-11,14-17H2,1H3. The van der Waals surface area contributed by atoms with Gasteiger partial charge in [-0.2, -0.15) is 0 Å². The third-order valence-corrected chi connectivity index (χ3v) is 6.93. The Labute approximate surface area is 177 Å². The number of amides is 1. The van der Waals surface area contributed by atoms with Gasteiger partial charge in [-0.3, -0.25) is 4.79 Å². The van der Waals surface area contributed by atoms with E-state index >= 15 is 0 Å². The van der Waals surface area contributed by atoms with Crippen LogP contribution in [-0.4, -0.2) is 47.0 Å². The molecule has 2 aliphatic heterocycles. The highest BCUT2D eigenvalue weighted by Gasteiger charge is 2.30. The van der Waals surface area contributed by atoms with Gasteiger partial charge in [-0.1, -0.05) is 42.3 Å². The number of anilines is 1. The van der Waals surface area contributed by atoms with Crippen molar-refractivity contribution < 1.29 is 4.79 Å². The Morgan fingerprint density at radius 3 is 2.28 bits per heavy atom. The lowest BCUT2D eigenvalue weighted by atomic mass is 9.95. The molecule has 0 saturated carbocycles. The molecule has 0 spiro atoms. The summed E-state index contributed by atoms with van der Waals surface area (Å²) in [6.45, 7) is 5.72. The molecule has 3 heterocycles. The number of hydrogen-bond donors (Lipinski definition) is 0. The average molecular weight is 411 g/mol. The number of nitrogens with zero attached hydrogens (tertiary/aromatic N) is 4. The summed E-state index contributed by atoms with van der Waals surface area (Å²) >= 11 is 1.66. The second-order valence-electron chi connectivity index (χ2n) is 8.10. The van der Waals surface area contributed by atoms with Crippen LogP contribution in [0.25, 0.3) is 0 Å². The fourth-order valence-electron chi connectivity index (χ4n) is 4.21. The molecule has 5 nitrogen and oxygen atoms in total. The van der Waals surface area contributed by atoms with Crippen molar-refractivity contribution in [2.45, 2.75) is 55.4 Å². The van der Waals surface area contributed by atoms with E-state index < -0.39 is 0 Å². The van der Waals surface area contributed by atoms with Crippen LogP contribution < -0.4 is 4.90 Å². The molecule has 2 fully saturated rings. The van der Waals surface area contributed by atoms with Gasteiger partial charge in [0.15, 0.2) is 5.82 Å². The summed E-state index contributed by atoms with van der Waals surface area (Å²) < 4.78 is 0. The summed E-state index contributed by atoms with van der Waals surface area (Å²) in [5, 5.41) is 0.939. The molecular weight excluding hydrogens is 380 g/mol. The first-order valence-electron chi connectivity index (χ1n) is 10.8. The Kier molecular flexibility index (Phi) is 6.70. The van der Waals surface area contributed by atoms with E-state index in [9.17, 15) is 4.79 Å². The van der Waals surface area contributed by atoms with Crippen LogP contribution in [0.3, 0.4) is 0 Å². The zero-order valence-electron chi connectivity index (χ0n) is 17.2. The molecule has 2 aliphatic rings. The van der Waals surface area contributed by atoms with Crippen molar-refractivity contribution in [3.8, 4) is 0 Å². The predicted octanol–water partition coefficient (Wildman–Crippen LogP) is 4.56. The normalized spacial score (nSPS) is 18.5. The van der Waals surface area contributed by atoms with Crippen molar-refractivity contribution in [2.75, 3.05) is 31.1 Å². The van der Waals surface area contributed by atoms with Gasteiger partial charge in [0, 0.05) is 49.4 Å². The van der Waals surface area contributed by atoms with E-state index in [4.69, 9.17) is 0 Å². The second kappa shape index (κ2) is 9.61. The molecule has 154 valence electrons. The molecule has 0 radical (unpaired) electrons. The van der Waals surface area contributed by atoms with Crippen molar-refractivity contribution in [2.24, 2.45) is 5.92 Å². The first-order valence-corrected chi connectivity index (χ1v) is 11.6. The van der Waals surface area contributed by atoms with E-state index in [2.05, 4.69) is 51.0 Å². The molecule has 2 aromatic rings. The molecule has 1 aromatic heterocycles. The van der Waals surface area contributed by atoms with Gasteiger partial charge >= 0.3 is 0 Å². The SMILES string of the molecule is Cc1ccc(Sc2nccnc2N2CCC(C(=O)N3CCCCCC3)CC2)cc1. The summed E-state index contributed by atoms with van der Waals surface area (Å²) in [7, 11) is 0. The third kappa shape index (κ3) is 5.10. The summed E-state index contributed by atoms with van der Waals surface area (Å²) in [4.78, 5) is 27.8. The minimum absolute atomic E-state index is 0.161. The summed E-state index contributed by atoms with van der Waals surface area (Å²) in [5.41, 5.74) is 1.25. The molecule has 0 N–H and O–H groups in total. The molecule has 29 heavy (non-hydrogen) atoms. The monoisotopic (exact) mass is 410 g/mol. The highest BCUT2D eigenvalue weighted by atomic mass is 32.2. The van der Waals surface area contributed by atoms with Gasteiger partial charge in [0.2, 0.25) is 5.91 Å². The average Bonchev–Trinajstić information content (AvgIpc) is 3.05. The van der Waals surface area contributed by atoms with E-state index in [-0.39, 0.29) is 5.92 Å². The topological polar surface area (TPSA) is 49.3 Å². The summed E-state index contributed by atoms with van der Waals surface area (Å²) in [5.74, 6) is 1.48. The zero-order chi connectivity index (χ0) is 20.1. The van der Waals surface area contributed by atoms with Crippen molar-refractivity contribution in [1.82, 2.24) is 14.9 Å². The maximum atomic E-state index is 13.0. The van der Waals surface area contributed by atoms with E-state index in [0.717, 1.165) is 62.7 Å². The second-order valence-corrected chi connectivity index (χ2v) is 9.16. The lowest BCUT2D eigenvalue weighted by molar-refractivity contribution is -0.136. The largest absolute Gasteiger partial charge is 0.354 e. The Morgan fingerprint density at radius 2 is 1.59 bits per heavy atom. The highest BCUT2D eigenvalue weighted by Crippen LogP contribution is 2.34. The zero-order valence-corrected chi connectivity index (χ0v) is 18.0. The number of carbonyl (C=O) groups is 1. The Morgan fingerprint density at radius 1 is 0.931 bits per heavy atom. The molecule has 0 unspecified atom stereocenters. The van der Waals surface area contributed by atoms with Gasteiger partial charge in [0.1, 0.15) is 5.03 Å². The van der Waals surface area contributed by atoms with Crippen molar-refractivity contribution in [3.05, 3.63) is 42.2 Å². The van der Waals surface area contributed by atoms with Crippen LogP contribution >= 0.6 is 11.8 Å². The van der Waals surface area contributed by atoms with Gasteiger partial charge in [0.05, 0.1) is 0 Å². The number of likely N-dealkylation sites (tertiary alicyclic amines) is 1. The van der Waals surface area contributed by atoms with E-state index in [0.29, 0.717) is 5.91 Å². The van der Waals surface area contributed by atoms with Crippen LogP contribution in [0.2, 0.25) is 0 Å². The van der Waals surface area contributed by atoms with Crippen molar-refractivity contribution in [3.63, 3.8) is 0 Å². The Balaban J connectivity index is 1.39. The molecule has 0 atom stereocenters. The van der Waals surface area contributed by atoms with E-state index in [1.54, 1.807) is 24.2 Å². The molecule has 0 bridgehead atoms. The predicted molar refractivity (Wildman–Crippen MR) is 117 cm³/mol. The van der Waals surface area contributed by atoms with Crippen molar-refractivity contribution >= 4 is 23.5 Å². The summed E-state index contributed by atoms with van der Waals surface area (Å²) in [6, 6.07) is 8.51. The number of piperidine rings is 1. The smallest absolute Gasteiger partial charge is 0.225 e. The minimum Gasteiger partial charge on any atom is -0.354 e. The van der Waals surface area contributed by atoms with Gasteiger partial charge in [-0.15, -0.1) is 0 Å². The van der Waals surface area contributed by atoms with Crippen LogP contribution in [0.5, 0.6) is 0 Å². The van der Waals surface area contributed by atoms with Crippen LogP contribution in [0, 0.1) is 12.8 Å². The number of hydrogen-bond acceptors (Lipinski definition) is 5. The fourth-order valence-corrected chi connectivity index (χ4v) is 5.09. The van der Waals surface area contributed by atoms with Crippen molar-refractivity contribution in [1.29, 1.82) is 0 Å². The first-order chi connectivity index (χ1) is 14.2. The lowest BCUT2D eigenvalue weighted by Gasteiger charge is -2.35. The maximum absolute atomic E-state index is 13.0. The van der Waals surface area contributed by atoms with Gasteiger partial charge in [0.25, 0.3) is 0 Å². The van der Waals surface area contributed by atoms with Gasteiger partial charge in [-0.05, 0) is 44.7 Å². The van der Waals surface area contributed by atoms with Crippen LogP contribution in [0.1, 0.15) is 44.1 Å². The van der Waals surface area contributed by atoms with Gasteiger partial charge in [-0.25, -0.2) is 9.97 Å². The first kappa shape index (κ1) is 20.2. The lowest BCUT2D eigenvalue weighted by Crippen LogP contribution is -2.43. The number of rotatable bonds is 4. The number of carbonyl (C=O) groups excluding carboxylic acids is 1. The molecule has 0 aliphatic carbocycles. The fraction of sp³-hybridized carbons (Fsp3) is 0.522. The Hall–Kier alpha value is -2.08. The van der Waals surface area contributed by atoms with E-state index in [1.807, 2.05) is 0 Å².